The molecule has 0 saturated carbocycles. The fourth-order valence-corrected chi connectivity index (χ4v) is 3.65. The van der Waals surface area contributed by atoms with Crippen LogP contribution in [-0.2, 0) is 11.0 Å². The molecule has 5 nitrogen and oxygen atoms in total. The van der Waals surface area contributed by atoms with Gasteiger partial charge in [-0.25, -0.2) is 0 Å². The van der Waals surface area contributed by atoms with Crippen molar-refractivity contribution in [2.75, 3.05) is 0 Å². The van der Waals surface area contributed by atoms with Crippen molar-refractivity contribution in [2.45, 2.75) is 38.6 Å². The van der Waals surface area contributed by atoms with Gasteiger partial charge in [0.1, 0.15) is 0 Å². The van der Waals surface area contributed by atoms with Gasteiger partial charge in [-0.1, -0.05) is 11.6 Å². The standard InChI is InChI=1S/C13H17ClN2O3Si/c1-20(2,8-4-3-7-15)19-10-11-5-6-12(14)9-13(11)16(17)18/h5-6,9H,3-4,8,10H2,1-2H3. The average molecular weight is 313 g/mol. The van der Waals surface area contributed by atoms with E-state index in [0.29, 0.717) is 17.0 Å². The lowest BCUT2D eigenvalue weighted by molar-refractivity contribution is -0.385. The highest BCUT2D eigenvalue weighted by molar-refractivity contribution is 6.71. The van der Waals surface area contributed by atoms with Gasteiger partial charge in [-0.15, -0.1) is 0 Å². The molecule has 0 radical (unpaired) electrons. The Labute approximate surface area is 124 Å². The summed E-state index contributed by atoms with van der Waals surface area (Å²) in [5.41, 5.74) is 0.514. The predicted octanol–water partition coefficient (Wildman–Crippen LogP) is 4.27. The molecule has 1 rings (SSSR count). The number of unbranched alkanes of at least 4 members (excludes halogenated alkanes) is 1. The summed E-state index contributed by atoms with van der Waals surface area (Å²) in [6.45, 7) is 4.30. The van der Waals surface area contributed by atoms with Gasteiger partial charge in [0, 0.05) is 17.5 Å². The first-order valence-electron chi connectivity index (χ1n) is 6.29. The zero-order valence-corrected chi connectivity index (χ0v) is 13.3. The molecule has 0 aromatic heterocycles. The summed E-state index contributed by atoms with van der Waals surface area (Å²) in [5, 5.41) is 19.8. The van der Waals surface area contributed by atoms with Crippen molar-refractivity contribution in [3.8, 4) is 6.07 Å². The van der Waals surface area contributed by atoms with Crippen LogP contribution in [0.1, 0.15) is 18.4 Å². The fraction of sp³-hybridized carbons (Fsp3) is 0.462. The van der Waals surface area contributed by atoms with Crippen LogP contribution < -0.4 is 0 Å². The van der Waals surface area contributed by atoms with E-state index in [4.69, 9.17) is 21.3 Å². The highest BCUT2D eigenvalue weighted by Gasteiger charge is 2.24. The van der Waals surface area contributed by atoms with E-state index in [1.54, 1.807) is 12.1 Å². The van der Waals surface area contributed by atoms with Crippen molar-refractivity contribution in [3.63, 3.8) is 0 Å². The molecule has 0 aliphatic heterocycles. The average Bonchev–Trinajstić information content (AvgIpc) is 2.37. The Bertz CT molecular complexity index is 529. The molecule has 0 aliphatic carbocycles. The Morgan fingerprint density at radius 3 is 2.80 bits per heavy atom. The largest absolute Gasteiger partial charge is 0.413 e. The first-order chi connectivity index (χ1) is 9.35. The van der Waals surface area contributed by atoms with Crippen LogP contribution in [-0.4, -0.2) is 13.2 Å². The van der Waals surface area contributed by atoms with E-state index in [1.807, 2.05) is 13.1 Å². The van der Waals surface area contributed by atoms with Gasteiger partial charge >= 0.3 is 0 Å². The van der Waals surface area contributed by atoms with E-state index >= 15 is 0 Å². The highest BCUT2D eigenvalue weighted by atomic mass is 35.5. The van der Waals surface area contributed by atoms with Gasteiger partial charge in [0.05, 0.1) is 23.2 Å². The Morgan fingerprint density at radius 2 is 2.20 bits per heavy atom. The molecule has 1 aromatic carbocycles. The summed E-state index contributed by atoms with van der Waals surface area (Å²) in [6, 6.07) is 7.56. The number of hydrogen-bond donors (Lipinski definition) is 0. The van der Waals surface area contributed by atoms with Crippen LogP contribution in [0.5, 0.6) is 0 Å². The second-order valence-corrected chi connectivity index (χ2v) is 9.83. The Balaban J connectivity index is 2.70. The van der Waals surface area contributed by atoms with E-state index in [2.05, 4.69) is 6.07 Å². The monoisotopic (exact) mass is 312 g/mol. The smallest absolute Gasteiger partial charge is 0.276 e. The third-order valence-corrected chi connectivity index (χ3v) is 5.65. The molecule has 0 heterocycles. The number of nitro benzene ring substituents is 1. The molecule has 0 saturated heterocycles. The number of halogens is 1. The Hall–Kier alpha value is -1.42. The van der Waals surface area contributed by atoms with Crippen LogP contribution in [0.2, 0.25) is 24.2 Å². The van der Waals surface area contributed by atoms with Gasteiger partial charge in [0.15, 0.2) is 8.32 Å². The van der Waals surface area contributed by atoms with Gasteiger partial charge in [-0.3, -0.25) is 10.1 Å². The number of nitrogens with zero attached hydrogens (tertiary/aromatic N) is 2. The molecule has 20 heavy (non-hydrogen) atoms. The van der Waals surface area contributed by atoms with Crippen molar-refractivity contribution in [3.05, 3.63) is 38.9 Å². The van der Waals surface area contributed by atoms with Gasteiger partial charge in [0.2, 0.25) is 0 Å². The minimum Gasteiger partial charge on any atom is -0.413 e. The van der Waals surface area contributed by atoms with Crippen molar-refractivity contribution in [1.82, 2.24) is 0 Å². The van der Waals surface area contributed by atoms with Gasteiger partial charge < -0.3 is 4.43 Å². The molecule has 0 bridgehead atoms. The second kappa shape index (κ2) is 7.38. The Morgan fingerprint density at radius 1 is 1.50 bits per heavy atom. The lowest BCUT2D eigenvalue weighted by atomic mass is 10.2. The Kier molecular flexibility index (Phi) is 6.14. The van der Waals surface area contributed by atoms with Crippen molar-refractivity contribution < 1.29 is 9.35 Å². The maximum Gasteiger partial charge on any atom is 0.276 e. The molecule has 108 valence electrons. The minimum atomic E-state index is -1.90. The van der Waals surface area contributed by atoms with Crippen molar-refractivity contribution >= 4 is 25.6 Å². The van der Waals surface area contributed by atoms with Gasteiger partial charge in [-0.2, -0.15) is 5.26 Å². The SMILES string of the molecule is C[Si](C)(CCCC#N)OCc1ccc(Cl)cc1[N+](=O)[O-]. The maximum absolute atomic E-state index is 11.0. The van der Waals surface area contributed by atoms with Crippen LogP contribution in [0.25, 0.3) is 0 Å². The fourth-order valence-electron chi connectivity index (χ4n) is 1.77. The van der Waals surface area contributed by atoms with E-state index < -0.39 is 13.2 Å². The molecule has 0 amide bonds. The van der Waals surface area contributed by atoms with E-state index in [1.165, 1.54) is 6.07 Å². The third kappa shape index (κ3) is 5.29. The summed E-state index contributed by atoms with van der Waals surface area (Å²) < 4.78 is 5.87. The highest BCUT2D eigenvalue weighted by Crippen LogP contribution is 2.26. The van der Waals surface area contributed by atoms with Crippen molar-refractivity contribution in [1.29, 1.82) is 5.26 Å². The first-order valence-corrected chi connectivity index (χ1v) is 9.79. The number of nitro groups is 1. The minimum absolute atomic E-state index is 0.0145. The maximum atomic E-state index is 11.0. The lowest BCUT2D eigenvalue weighted by Gasteiger charge is -2.22. The molecule has 1 aromatic rings. The van der Waals surface area contributed by atoms with E-state index in [0.717, 1.165) is 12.5 Å². The van der Waals surface area contributed by atoms with Crippen molar-refractivity contribution in [2.24, 2.45) is 0 Å². The molecular weight excluding hydrogens is 296 g/mol. The summed E-state index contributed by atoms with van der Waals surface area (Å²) in [4.78, 5) is 10.5. The summed E-state index contributed by atoms with van der Waals surface area (Å²) in [6.07, 6.45) is 1.32. The molecule has 0 aliphatic rings. The number of rotatable bonds is 7. The molecule has 0 atom stereocenters. The molecule has 0 unspecified atom stereocenters. The topological polar surface area (TPSA) is 76.2 Å². The second-order valence-electron chi connectivity index (χ2n) is 5.09. The van der Waals surface area contributed by atoms with E-state index in [-0.39, 0.29) is 12.3 Å². The van der Waals surface area contributed by atoms with Gasteiger partial charge in [-0.05, 0) is 37.7 Å². The third-order valence-electron chi connectivity index (χ3n) is 2.93. The molecule has 0 spiro atoms. The molecule has 0 fully saturated rings. The molecular formula is C13H17ClN2O3Si. The van der Waals surface area contributed by atoms with Crippen LogP contribution in [0, 0.1) is 21.4 Å². The molecule has 0 N–H and O–H groups in total. The number of nitriles is 1. The van der Waals surface area contributed by atoms with Crippen LogP contribution in [0.3, 0.4) is 0 Å². The van der Waals surface area contributed by atoms with Crippen LogP contribution in [0.4, 0.5) is 5.69 Å². The first kappa shape index (κ1) is 16.6. The summed E-state index contributed by atoms with van der Waals surface area (Å²) >= 11 is 5.77. The van der Waals surface area contributed by atoms with Gasteiger partial charge in [0.25, 0.3) is 5.69 Å². The molecule has 7 heteroatoms. The quantitative estimate of drug-likeness (QED) is 0.326. The zero-order valence-electron chi connectivity index (χ0n) is 11.6. The lowest BCUT2D eigenvalue weighted by Crippen LogP contribution is -2.29. The van der Waals surface area contributed by atoms with Crippen LogP contribution in [0.15, 0.2) is 18.2 Å². The van der Waals surface area contributed by atoms with Crippen LogP contribution >= 0.6 is 11.6 Å². The predicted molar refractivity (Wildman–Crippen MR) is 80.0 cm³/mol. The summed E-state index contributed by atoms with van der Waals surface area (Å²) in [5.74, 6) is 0. The zero-order chi connectivity index (χ0) is 15.2. The summed E-state index contributed by atoms with van der Waals surface area (Å²) in [7, 11) is -1.90. The number of hydrogen-bond acceptors (Lipinski definition) is 4. The van der Waals surface area contributed by atoms with E-state index in [9.17, 15) is 10.1 Å². The normalized spacial score (nSPS) is 11.1. The number of benzene rings is 1.